The van der Waals surface area contributed by atoms with Crippen molar-refractivity contribution in [1.82, 2.24) is 0 Å². The van der Waals surface area contributed by atoms with E-state index in [2.05, 4.69) is 0 Å². The molecule has 0 aliphatic carbocycles. The molecule has 0 aliphatic rings. The molecule has 0 amide bonds. The Hall–Kier alpha value is -2.75. The smallest absolute Gasteiger partial charge is 0.200 e. The first-order valence-corrected chi connectivity index (χ1v) is 6.08. The molecule has 1 heterocycles. The summed E-state index contributed by atoms with van der Waals surface area (Å²) in [6.45, 7) is 0. The SMILES string of the molecule is COc1ccc(-c2coc3cc(O)ccc3[13c]2=O)cc1. The lowest BCUT2D eigenvalue weighted by molar-refractivity contribution is 0.415. The molecule has 100 valence electrons. The van der Waals surface area contributed by atoms with Crippen LogP contribution in [0.1, 0.15) is 0 Å². The molecular weight excluding hydrogens is 257 g/mol. The number of phenols is 1. The predicted molar refractivity (Wildman–Crippen MR) is 76.1 cm³/mol. The normalized spacial score (nSPS) is 10.7. The quantitative estimate of drug-likeness (QED) is 0.776. The third-order valence-corrected chi connectivity index (χ3v) is 3.16. The van der Waals surface area contributed by atoms with Crippen molar-refractivity contribution in [2.75, 3.05) is 7.11 Å². The highest BCUT2D eigenvalue weighted by Gasteiger charge is 2.09. The molecule has 1 N–H and O–H groups in total. The Bertz CT molecular complexity index is 816. The molecule has 0 atom stereocenters. The number of ether oxygens (including phenoxy) is 1. The van der Waals surface area contributed by atoms with Gasteiger partial charge in [0, 0.05) is 6.07 Å². The summed E-state index contributed by atoms with van der Waals surface area (Å²) in [5, 5.41) is 9.83. The zero-order valence-electron chi connectivity index (χ0n) is 10.8. The van der Waals surface area contributed by atoms with Crippen LogP contribution in [0.5, 0.6) is 11.5 Å². The second-order valence-corrected chi connectivity index (χ2v) is 4.39. The van der Waals surface area contributed by atoms with Crippen molar-refractivity contribution < 1.29 is 14.3 Å². The van der Waals surface area contributed by atoms with E-state index in [1.54, 1.807) is 37.4 Å². The van der Waals surface area contributed by atoms with Crippen LogP contribution in [0.15, 0.2) is 57.9 Å². The highest BCUT2D eigenvalue weighted by atomic mass is 16.5. The Labute approximate surface area is 114 Å². The number of aromatic hydroxyl groups is 1. The summed E-state index contributed by atoms with van der Waals surface area (Å²) >= 11 is 0. The molecule has 4 nitrogen and oxygen atoms in total. The average Bonchev–Trinajstić information content (AvgIpc) is 2.48. The van der Waals surface area contributed by atoms with Gasteiger partial charge in [-0.1, -0.05) is 12.1 Å². The van der Waals surface area contributed by atoms with E-state index in [-0.39, 0.29) is 11.2 Å². The highest BCUT2D eigenvalue weighted by molar-refractivity contribution is 5.82. The van der Waals surface area contributed by atoms with Gasteiger partial charge in [-0.2, -0.15) is 0 Å². The number of phenolic OH excluding ortho intramolecular Hbond substituents is 1. The first-order valence-electron chi connectivity index (χ1n) is 6.08. The van der Waals surface area contributed by atoms with E-state index in [0.717, 1.165) is 11.3 Å². The second kappa shape index (κ2) is 4.74. The summed E-state index contributed by atoms with van der Waals surface area (Å²) in [6, 6.07) is 11.6. The number of methoxy groups -OCH3 is 1. The summed E-state index contributed by atoms with van der Waals surface area (Å²) in [6.07, 6.45) is 1.41. The molecule has 0 unspecified atom stereocenters. The van der Waals surface area contributed by atoms with Gasteiger partial charge in [-0.25, -0.2) is 0 Å². The molecule has 0 fully saturated rings. The van der Waals surface area contributed by atoms with Crippen LogP contribution >= 0.6 is 0 Å². The zero-order chi connectivity index (χ0) is 14.1. The van der Waals surface area contributed by atoms with Gasteiger partial charge in [0.05, 0.1) is 18.1 Å². The van der Waals surface area contributed by atoms with E-state index < -0.39 is 0 Å². The molecule has 3 rings (SSSR count). The lowest BCUT2D eigenvalue weighted by Gasteiger charge is -2.04. The minimum atomic E-state index is -0.128. The average molecular weight is 269 g/mol. The summed E-state index contributed by atoms with van der Waals surface area (Å²) < 4.78 is 10.5. The summed E-state index contributed by atoms with van der Waals surface area (Å²) in [5.41, 5.74) is 1.48. The Morgan fingerprint density at radius 1 is 1.10 bits per heavy atom. The van der Waals surface area contributed by atoms with Gasteiger partial charge in [-0.05, 0) is 29.8 Å². The van der Waals surface area contributed by atoms with Crippen molar-refractivity contribution in [1.29, 1.82) is 0 Å². The highest BCUT2D eigenvalue weighted by Crippen LogP contribution is 2.23. The van der Waals surface area contributed by atoms with Gasteiger partial charge in [0.1, 0.15) is 23.3 Å². The fourth-order valence-electron chi connectivity index (χ4n) is 2.09. The van der Waals surface area contributed by atoms with Crippen molar-refractivity contribution in [3.8, 4) is 22.6 Å². The maximum absolute atomic E-state index is 12.4. The van der Waals surface area contributed by atoms with E-state index in [1.165, 1.54) is 18.4 Å². The number of rotatable bonds is 2. The van der Waals surface area contributed by atoms with Crippen LogP contribution in [-0.4, -0.2) is 12.2 Å². The molecule has 3 aromatic rings. The van der Waals surface area contributed by atoms with Crippen molar-refractivity contribution in [2.45, 2.75) is 0 Å². The second-order valence-electron chi connectivity index (χ2n) is 4.39. The molecule has 1 aromatic heterocycles. The molecular formula is C16H12O4. The van der Waals surface area contributed by atoms with Crippen molar-refractivity contribution in [2.24, 2.45) is 0 Å². The predicted octanol–water partition coefficient (Wildman–Crippen LogP) is 3.17. The summed E-state index contributed by atoms with van der Waals surface area (Å²) in [7, 11) is 1.59. The zero-order valence-corrected chi connectivity index (χ0v) is 10.8. The standard InChI is InChI=1S/C16H12O4/c1-19-12-5-2-10(3-6-12)14-9-20-15-8-11(17)4-7-13(15)16(14)18/h2-9,17H,1H3/i16+1. The number of fused-ring (bicyclic) bond motifs is 1. The first-order chi connectivity index (χ1) is 9.69. The van der Waals surface area contributed by atoms with Crippen LogP contribution in [0.3, 0.4) is 0 Å². The van der Waals surface area contributed by atoms with E-state index in [0.29, 0.717) is 16.5 Å². The monoisotopic (exact) mass is 269 g/mol. The fourth-order valence-corrected chi connectivity index (χ4v) is 2.09. The molecule has 20 heavy (non-hydrogen) atoms. The van der Waals surface area contributed by atoms with Crippen LogP contribution in [0.25, 0.3) is 22.1 Å². The largest absolute Gasteiger partial charge is 0.508 e. The third kappa shape index (κ3) is 2.01. The van der Waals surface area contributed by atoms with Crippen LogP contribution in [0, 0.1) is 0 Å². The van der Waals surface area contributed by atoms with Gasteiger partial charge >= 0.3 is 0 Å². The van der Waals surface area contributed by atoms with Gasteiger partial charge in [0.2, 0.25) is 0 Å². The minimum Gasteiger partial charge on any atom is -0.508 e. The Morgan fingerprint density at radius 3 is 2.55 bits per heavy atom. The lowest BCUT2D eigenvalue weighted by atomic mass is 10.1. The molecule has 0 saturated heterocycles. The summed E-state index contributed by atoms with van der Waals surface area (Å²) in [5.74, 6) is 0.793. The van der Waals surface area contributed by atoms with Crippen molar-refractivity contribution in [3.05, 3.63) is 59.0 Å². The van der Waals surface area contributed by atoms with Crippen molar-refractivity contribution >= 4 is 11.0 Å². The fraction of sp³-hybridized carbons (Fsp3) is 0.0625. The molecule has 0 aliphatic heterocycles. The Morgan fingerprint density at radius 2 is 1.85 bits per heavy atom. The van der Waals surface area contributed by atoms with E-state index >= 15 is 0 Å². The molecule has 0 bridgehead atoms. The maximum atomic E-state index is 12.4. The molecule has 0 saturated carbocycles. The maximum Gasteiger partial charge on any atom is 0.200 e. The van der Waals surface area contributed by atoms with Gasteiger partial charge in [-0.3, -0.25) is 4.79 Å². The van der Waals surface area contributed by atoms with Gasteiger partial charge in [0.15, 0.2) is 5.43 Å². The molecule has 0 spiro atoms. The first kappa shape index (κ1) is 12.3. The number of hydrogen-bond acceptors (Lipinski definition) is 4. The molecule has 2 aromatic carbocycles. The number of benzene rings is 2. The van der Waals surface area contributed by atoms with E-state index in [1.807, 2.05) is 0 Å². The van der Waals surface area contributed by atoms with Gasteiger partial charge in [0.25, 0.3) is 0 Å². The Kier molecular flexibility index (Phi) is 2.91. The van der Waals surface area contributed by atoms with Crippen molar-refractivity contribution in [3.63, 3.8) is 0 Å². The van der Waals surface area contributed by atoms with Crippen LogP contribution in [0.2, 0.25) is 0 Å². The molecule has 0 radical (unpaired) electrons. The van der Waals surface area contributed by atoms with Crippen LogP contribution in [0.4, 0.5) is 0 Å². The topological polar surface area (TPSA) is 59.7 Å². The van der Waals surface area contributed by atoms with E-state index in [4.69, 9.17) is 9.15 Å². The number of hydrogen-bond donors (Lipinski definition) is 1. The van der Waals surface area contributed by atoms with Gasteiger partial charge in [-0.15, -0.1) is 0 Å². The minimum absolute atomic E-state index is 0.0675. The lowest BCUT2D eigenvalue weighted by Crippen LogP contribution is -2.04. The summed E-state index contributed by atoms with van der Waals surface area (Å²) in [4.78, 5) is 12.4. The third-order valence-electron chi connectivity index (χ3n) is 3.16. The van der Waals surface area contributed by atoms with Crippen LogP contribution < -0.4 is 10.2 Å². The molecule has 4 heteroatoms. The van der Waals surface area contributed by atoms with Gasteiger partial charge < -0.3 is 14.3 Å². The Balaban J connectivity index is 2.18. The van der Waals surface area contributed by atoms with E-state index in [9.17, 15) is 9.90 Å². The van der Waals surface area contributed by atoms with Crippen LogP contribution in [-0.2, 0) is 0 Å².